The quantitative estimate of drug-likeness (QED) is 0.724. The highest BCUT2D eigenvalue weighted by Gasteiger charge is 1.99. The van der Waals surface area contributed by atoms with Gasteiger partial charge in [-0.15, -0.1) is 0 Å². The van der Waals surface area contributed by atoms with Gasteiger partial charge in [-0.1, -0.05) is 55.6 Å². The summed E-state index contributed by atoms with van der Waals surface area (Å²) in [6.45, 7) is 0. The van der Waals surface area contributed by atoms with Crippen molar-refractivity contribution in [1.82, 2.24) is 0 Å². The summed E-state index contributed by atoms with van der Waals surface area (Å²) in [5, 5.41) is 0.795. The number of halogens is 3. The van der Waals surface area contributed by atoms with Crippen molar-refractivity contribution in [2.24, 2.45) is 0 Å². The van der Waals surface area contributed by atoms with Gasteiger partial charge in [-0.3, -0.25) is 0 Å². The Labute approximate surface area is 88.2 Å². The van der Waals surface area contributed by atoms with Crippen LogP contribution in [0.1, 0.15) is 5.56 Å². The van der Waals surface area contributed by atoms with Crippen molar-refractivity contribution in [1.29, 1.82) is 0 Å². The third-order valence-electron chi connectivity index (χ3n) is 1.28. The normalized spacial score (nSPS) is 10.5. The lowest BCUT2D eigenvalue weighted by Crippen LogP contribution is -1.91. The molecule has 3 heteroatoms. The van der Waals surface area contributed by atoms with Gasteiger partial charge in [0.05, 0.1) is 3.74 Å². The van der Waals surface area contributed by atoms with E-state index in [9.17, 15) is 0 Å². The zero-order valence-electron chi connectivity index (χ0n) is 5.73. The summed E-state index contributed by atoms with van der Waals surface area (Å²) in [7, 11) is 0. The Morgan fingerprint density at radius 1 is 1.36 bits per heavy atom. The van der Waals surface area contributed by atoms with Crippen molar-refractivity contribution in [2.75, 3.05) is 0 Å². The predicted molar refractivity (Wildman–Crippen MR) is 56.8 cm³/mol. The van der Waals surface area contributed by atoms with Gasteiger partial charge in [0.2, 0.25) is 0 Å². The van der Waals surface area contributed by atoms with Crippen LogP contribution in [0.25, 0.3) is 0 Å². The van der Waals surface area contributed by atoms with Crippen LogP contribution in [-0.4, -0.2) is 3.74 Å². The maximum absolute atomic E-state index is 5.80. The molecule has 0 fully saturated rings. The molecule has 1 rings (SSSR count). The third kappa shape index (κ3) is 3.59. The summed E-state index contributed by atoms with van der Waals surface area (Å²) in [5.74, 6) is 0. The van der Waals surface area contributed by atoms with E-state index in [1.165, 1.54) is 5.56 Å². The molecule has 0 amide bonds. The summed E-state index contributed by atoms with van der Waals surface area (Å²) in [6.07, 6.45) is 0.945. The smallest absolute Gasteiger partial charge is 0.0738 e. The summed E-state index contributed by atoms with van der Waals surface area (Å²) < 4.78 is 0.327. The Kier molecular flexibility index (Phi) is 3.90. The molecule has 0 saturated heterocycles. The van der Waals surface area contributed by atoms with Gasteiger partial charge in [-0.05, 0) is 24.1 Å². The molecular formula is C8H7Br2Cl. The van der Waals surface area contributed by atoms with Gasteiger partial charge in [0.25, 0.3) is 0 Å². The summed E-state index contributed by atoms with van der Waals surface area (Å²) in [4.78, 5) is 0. The maximum atomic E-state index is 5.80. The van der Waals surface area contributed by atoms with E-state index in [-0.39, 0.29) is 0 Å². The average molecular weight is 298 g/mol. The molecule has 0 saturated carbocycles. The van der Waals surface area contributed by atoms with Gasteiger partial charge in [0.1, 0.15) is 0 Å². The van der Waals surface area contributed by atoms with E-state index < -0.39 is 0 Å². The van der Waals surface area contributed by atoms with Crippen LogP contribution in [0.2, 0.25) is 5.02 Å². The van der Waals surface area contributed by atoms with Gasteiger partial charge in [-0.25, -0.2) is 0 Å². The molecule has 0 atom stereocenters. The van der Waals surface area contributed by atoms with Crippen LogP contribution in [0.3, 0.4) is 0 Å². The Morgan fingerprint density at radius 3 is 2.64 bits per heavy atom. The Morgan fingerprint density at radius 2 is 2.09 bits per heavy atom. The molecule has 0 nitrogen and oxygen atoms in total. The van der Waals surface area contributed by atoms with E-state index in [1.54, 1.807) is 0 Å². The summed E-state index contributed by atoms with van der Waals surface area (Å²) in [5.41, 5.74) is 1.23. The number of alkyl halides is 2. The van der Waals surface area contributed by atoms with Crippen LogP contribution in [0.15, 0.2) is 24.3 Å². The van der Waals surface area contributed by atoms with Gasteiger partial charge >= 0.3 is 0 Å². The van der Waals surface area contributed by atoms with E-state index >= 15 is 0 Å². The molecule has 11 heavy (non-hydrogen) atoms. The lowest BCUT2D eigenvalue weighted by atomic mass is 10.2. The number of hydrogen-bond acceptors (Lipinski definition) is 0. The van der Waals surface area contributed by atoms with E-state index in [0.717, 1.165) is 11.4 Å². The van der Waals surface area contributed by atoms with E-state index in [2.05, 4.69) is 37.9 Å². The first-order valence-electron chi connectivity index (χ1n) is 3.21. The van der Waals surface area contributed by atoms with E-state index in [4.69, 9.17) is 11.6 Å². The Balaban J connectivity index is 2.71. The number of rotatable bonds is 2. The highest BCUT2D eigenvalue weighted by atomic mass is 79.9. The monoisotopic (exact) mass is 296 g/mol. The molecule has 1 aromatic rings. The zero-order chi connectivity index (χ0) is 8.27. The molecule has 60 valence electrons. The van der Waals surface area contributed by atoms with E-state index in [1.807, 2.05) is 18.2 Å². The molecule has 0 heterocycles. The largest absolute Gasteiger partial charge is 0.0843 e. The molecule has 0 aromatic heterocycles. The fraction of sp³-hybridized carbons (Fsp3) is 0.250. The zero-order valence-corrected chi connectivity index (χ0v) is 9.66. The standard InChI is InChI=1S/C8H7Br2Cl/c9-8(10)5-6-2-1-3-7(11)4-6/h1-4,8H,5H2. The molecule has 0 unspecified atom stereocenters. The minimum atomic E-state index is 0.327. The van der Waals surface area contributed by atoms with E-state index in [0.29, 0.717) is 3.74 Å². The molecule has 0 aliphatic carbocycles. The molecule has 1 aromatic carbocycles. The van der Waals surface area contributed by atoms with Crippen LogP contribution >= 0.6 is 43.5 Å². The SMILES string of the molecule is Clc1cccc(CC(Br)Br)c1. The Bertz CT molecular complexity index is 235. The molecule has 0 bridgehead atoms. The second kappa shape index (κ2) is 4.48. The first-order chi connectivity index (χ1) is 5.18. The number of benzene rings is 1. The summed E-state index contributed by atoms with van der Waals surface area (Å²) in [6, 6.07) is 7.86. The Hall–Kier alpha value is 0.470. The van der Waals surface area contributed by atoms with Crippen LogP contribution in [0.4, 0.5) is 0 Å². The highest BCUT2D eigenvalue weighted by Crippen LogP contribution is 2.18. The topological polar surface area (TPSA) is 0 Å². The summed E-state index contributed by atoms with van der Waals surface area (Å²) >= 11 is 12.6. The van der Waals surface area contributed by atoms with Crippen LogP contribution in [0, 0.1) is 0 Å². The molecular weight excluding hydrogens is 291 g/mol. The average Bonchev–Trinajstić information content (AvgIpc) is 1.85. The van der Waals surface area contributed by atoms with Crippen molar-refractivity contribution >= 4 is 43.5 Å². The van der Waals surface area contributed by atoms with Gasteiger partial charge in [-0.2, -0.15) is 0 Å². The fourth-order valence-corrected chi connectivity index (χ4v) is 1.80. The fourth-order valence-electron chi connectivity index (χ4n) is 0.842. The van der Waals surface area contributed by atoms with Crippen molar-refractivity contribution in [3.63, 3.8) is 0 Å². The highest BCUT2D eigenvalue weighted by molar-refractivity contribution is 9.24. The van der Waals surface area contributed by atoms with Crippen LogP contribution in [-0.2, 0) is 6.42 Å². The first-order valence-corrected chi connectivity index (χ1v) is 5.42. The second-order valence-electron chi connectivity index (χ2n) is 2.23. The van der Waals surface area contributed by atoms with Crippen LogP contribution in [0.5, 0.6) is 0 Å². The van der Waals surface area contributed by atoms with Gasteiger partial charge < -0.3 is 0 Å². The van der Waals surface area contributed by atoms with Gasteiger partial charge in [0, 0.05) is 5.02 Å². The number of hydrogen-bond donors (Lipinski definition) is 0. The molecule has 0 aliphatic rings. The molecule has 0 spiro atoms. The molecule has 0 radical (unpaired) electrons. The predicted octanol–water partition coefficient (Wildman–Crippen LogP) is 4.00. The van der Waals surface area contributed by atoms with Crippen LogP contribution < -0.4 is 0 Å². The lowest BCUT2D eigenvalue weighted by molar-refractivity contribution is 1.13. The molecule has 0 N–H and O–H groups in total. The van der Waals surface area contributed by atoms with Crippen molar-refractivity contribution in [3.05, 3.63) is 34.9 Å². The molecule has 0 aliphatic heterocycles. The third-order valence-corrected chi connectivity index (χ3v) is 2.16. The van der Waals surface area contributed by atoms with Crippen molar-refractivity contribution in [2.45, 2.75) is 10.2 Å². The maximum Gasteiger partial charge on any atom is 0.0738 e. The first kappa shape index (κ1) is 9.56. The van der Waals surface area contributed by atoms with Crippen molar-refractivity contribution < 1.29 is 0 Å². The minimum Gasteiger partial charge on any atom is -0.0843 e. The second-order valence-corrected chi connectivity index (χ2v) is 6.10. The lowest BCUT2D eigenvalue weighted by Gasteiger charge is -2.01. The minimum absolute atomic E-state index is 0.327. The van der Waals surface area contributed by atoms with Gasteiger partial charge in [0.15, 0.2) is 0 Å². The van der Waals surface area contributed by atoms with Crippen molar-refractivity contribution in [3.8, 4) is 0 Å².